The van der Waals surface area contributed by atoms with Gasteiger partial charge in [0.15, 0.2) is 17.5 Å². The number of aromatic nitrogens is 4. The van der Waals surface area contributed by atoms with E-state index in [-0.39, 0.29) is 5.82 Å². The van der Waals surface area contributed by atoms with Crippen molar-refractivity contribution in [2.45, 2.75) is 0 Å². The fraction of sp³-hybridized carbons (Fsp3) is 0. The van der Waals surface area contributed by atoms with Crippen LogP contribution >= 0.6 is 11.3 Å². The highest BCUT2D eigenvalue weighted by Gasteiger charge is 2.22. The third-order valence-electron chi connectivity index (χ3n) is 9.53. The van der Waals surface area contributed by atoms with Crippen LogP contribution in [0.25, 0.3) is 93.0 Å². The Morgan fingerprint density at radius 2 is 1.06 bits per heavy atom. The van der Waals surface area contributed by atoms with Gasteiger partial charge in [0.2, 0.25) is 0 Å². The molecule has 0 aliphatic carbocycles. The van der Waals surface area contributed by atoms with Crippen LogP contribution in [-0.2, 0) is 0 Å². The molecule has 10 rings (SSSR count). The van der Waals surface area contributed by atoms with Crippen molar-refractivity contribution in [2.24, 2.45) is 0 Å². The molecule has 240 valence electrons. The highest BCUT2D eigenvalue weighted by molar-refractivity contribution is 7.26. The number of hydrogen-bond acceptors (Lipinski definition) is 4. The molecule has 4 nitrogen and oxygen atoms in total. The molecule has 6 heteroatoms. The average Bonchev–Trinajstić information content (AvgIpc) is 3.74. The van der Waals surface area contributed by atoms with E-state index < -0.39 is 0 Å². The maximum absolute atomic E-state index is 16.0. The predicted molar refractivity (Wildman–Crippen MR) is 209 cm³/mol. The smallest absolute Gasteiger partial charge is 0.164 e. The number of fused-ring (bicyclic) bond motifs is 7. The van der Waals surface area contributed by atoms with Gasteiger partial charge in [-0.2, -0.15) is 0 Å². The molecule has 0 fully saturated rings. The lowest BCUT2D eigenvalue weighted by Gasteiger charge is -2.17. The van der Waals surface area contributed by atoms with Gasteiger partial charge in [0.1, 0.15) is 5.82 Å². The maximum Gasteiger partial charge on any atom is 0.164 e. The third kappa shape index (κ3) is 4.83. The molecule has 0 spiro atoms. The summed E-state index contributed by atoms with van der Waals surface area (Å²) in [7, 11) is 0. The Kier molecular flexibility index (Phi) is 6.82. The van der Waals surface area contributed by atoms with E-state index in [1.807, 2.05) is 84.9 Å². The zero-order valence-electron chi connectivity index (χ0n) is 27.2. The summed E-state index contributed by atoms with van der Waals surface area (Å²) in [5.74, 6) is 1.36. The summed E-state index contributed by atoms with van der Waals surface area (Å²) in [5, 5.41) is 4.71. The number of thiophene rings is 1. The molecule has 0 aliphatic heterocycles. The maximum atomic E-state index is 16.0. The van der Waals surface area contributed by atoms with Crippen LogP contribution in [0.2, 0.25) is 0 Å². The van der Waals surface area contributed by atoms with Crippen molar-refractivity contribution < 1.29 is 4.39 Å². The molecule has 0 radical (unpaired) electrons. The molecule has 0 N–H and O–H groups in total. The number of benzene rings is 7. The van der Waals surface area contributed by atoms with Crippen LogP contribution in [0, 0.1) is 5.82 Å². The normalized spacial score (nSPS) is 11.6. The summed E-state index contributed by atoms with van der Waals surface area (Å²) >= 11 is 1.80. The summed E-state index contributed by atoms with van der Waals surface area (Å²) in [6, 6.07) is 54.5. The largest absolute Gasteiger partial charge is 0.308 e. The Hall–Kier alpha value is -6.50. The monoisotopic (exact) mass is 674 g/mol. The lowest BCUT2D eigenvalue weighted by Crippen LogP contribution is -2.02. The van der Waals surface area contributed by atoms with Gasteiger partial charge in [0.25, 0.3) is 0 Å². The topological polar surface area (TPSA) is 43.6 Å². The number of hydrogen-bond donors (Lipinski definition) is 0. The summed E-state index contributed by atoms with van der Waals surface area (Å²) in [6.07, 6.45) is 0. The molecule has 3 aromatic heterocycles. The fourth-order valence-corrected chi connectivity index (χ4v) is 8.33. The second-order valence-corrected chi connectivity index (χ2v) is 13.6. The van der Waals surface area contributed by atoms with E-state index in [0.717, 1.165) is 49.7 Å². The lowest BCUT2D eigenvalue weighted by molar-refractivity contribution is 0.631. The molecule has 7 aromatic carbocycles. The molecule has 0 bridgehead atoms. The molecule has 0 atom stereocenters. The van der Waals surface area contributed by atoms with E-state index >= 15 is 4.39 Å². The molecule has 3 heterocycles. The molecular weight excluding hydrogens is 648 g/mol. The van der Waals surface area contributed by atoms with Crippen LogP contribution < -0.4 is 0 Å². The Morgan fingerprint density at radius 3 is 1.78 bits per heavy atom. The van der Waals surface area contributed by atoms with Crippen molar-refractivity contribution in [3.8, 4) is 51.0 Å². The van der Waals surface area contributed by atoms with Gasteiger partial charge in [0, 0.05) is 58.8 Å². The molecule has 0 aliphatic rings. The molecule has 0 amide bonds. The zero-order chi connectivity index (χ0) is 33.9. The summed E-state index contributed by atoms with van der Waals surface area (Å²) in [4.78, 5) is 14.9. The summed E-state index contributed by atoms with van der Waals surface area (Å²) in [5.41, 5.74) is 6.83. The molecule has 10 aromatic rings. The minimum absolute atomic E-state index is 0.298. The van der Waals surface area contributed by atoms with Crippen LogP contribution in [0.5, 0.6) is 0 Å². The number of para-hydroxylation sites is 1. The van der Waals surface area contributed by atoms with Gasteiger partial charge < -0.3 is 4.57 Å². The standard InChI is InChI=1S/C45H27FN4S/c46-36-20-10-7-17-31(36)35-27-30(45-48-43(28-13-3-1-4-14-28)47-44(49-45)29-15-5-2-6-16-29)23-25-38(35)50-37-21-11-8-18-32(37)33-24-26-40-41(42(33)50)34-19-9-12-22-39(34)51-40/h1-27H. The Morgan fingerprint density at radius 1 is 0.451 bits per heavy atom. The van der Waals surface area contributed by atoms with Crippen LogP contribution in [0.15, 0.2) is 164 Å². The van der Waals surface area contributed by atoms with Crippen molar-refractivity contribution in [2.75, 3.05) is 0 Å². The first-order valence-electron chi connectivity index (χ1n) is 16.8. The van der Waals surface area contributed by atoms with Crippen molar-refractivity contribution in [3.63, 3.8) is 0 Å². The van der Waals surface area contributed by atoms with Crippen molar-refractivity contribution in [3.05, 3.63) is 170 Å². The van der Waals surface area contributed by atoms with E-state index in [9.17, 15) is 0 Å². The van der Waals surface area contributed by atoms with Crippen molar-refractivity contribution in [1.82, 2.24) is 19.5 Å². The van der Waals surface area contributed by atoms with E-state index in [4.69, 9.17) is 15.0 Å². The molecule has 0 unspecified atom stereocenters. The predicted octanol–water partition coefficient (Wildman–Crippen LogP) is 12.1. The van der Waals surface area contributed by atoms with Gasteiger partial charge >= 0.3 is 0 Å². The lowest BCUT2D eigenvalue weighted by atomic mass is 9.99. The quantitative estimate of drug-likeness (QED) is 0.182. The second-order valence-electron chi connectivity index (χ2n) is 12.5. The summed E-state index contributed by atoms with van der Waals surface area (Å²) < 4.78 is 20.8. The SMILES string of the molecule is Fc1ccccc1-c1cc(-c2nc(-c3ccccc3)nc(-c3ccccc3)n2)ccc1-n1c2ccccc2c2ccc3sc4ccccc4c3c21. The van der Waals surface area contributed by atoms with E-state index in [0.29, 0.717) is 23.0 Å². The first-order chi connectivity index (χ1) is 25.2. The Balaban J connectivity index is 1.29. The van der Waals surface area contributed by atoms with Gasteiger partial charge in [-0.25, -0.2) is 19.3 Å². The van der Waals surface area contributed by atoms with E-state index in [1.54, 1.807) is 17.4 Å². The first-order valence-corrected chi connectivity index (χ1v) is 17.6. The number of nitrogens with zero attached hydrogens (tertiary/aromatic N) is 4. The average molecular weight is 675 g/mol. The third-order valence-corrected chi connectivity index (χ3v) is 10.7. The van der Waals surface area contributed by atoms with Gasteiger partial charge in [-0.15, -0.1) is 11.3 Å². The Labute approximate surface area is 296 Å². The van der Waals surface area contributed by atoms with Gasteiger partial charge in [0.05, 0.1) is 16.7 Å². The van der Waals surface area contributed by atoms with Crippen LogP contribution in [0.4, 0.5) is 4.39 Å². The number of halogens is 1. The van der Waals surface area contributed by atoms with Gasteiger partial charge in [-0.3, -0.25) is 0 Å². The molecule has 0 saturated heterocycles. The van der Waals surface area contributed by atoms with Crippen LogP contribution in [-0.4, -0.2) is 19.5 Å². The minimum atomic E-state index is -0.298. The highest BCUT2D eigenvalue weighted by Crippen LogP contribution is 2.45. The van der Waals surface area contributed by atoms with Crippen LogP contribution in [0.3, 0.4) is 0 Å². The molecule has 51 heavy (non-hydrogen) atoms. The zero-order valence-corrected chi connectivity index (χ0v) is 28.0. The minimum Gasteiger partial charge on any atom is -0.308 e. The van der Waals surface area contributed by atoms with E-state index in [1.165, 1.54) is 26.2 Å². The van der Waals surface area contributed by atoms with E-state index in [2.05, 4.69) is 71.3 Å². The van der Waals surface area contributed by atoms with Crippen molar-refractivity contribution in [1.29, 1.82) is 0 Å². The van der Waals surface area contributed by atoms with Gasteiger partial charge in [-0.1, -0.05) is 121 Å². The second kappa shape index (κ2) is 11.8. The number of rotatable bonds is 5. The van der Waals surface area contributed by atoms with Gasteiger partial charge in [-0.05, 0) is 42.5 Å². The molecular formula is C45H27FN4S. The van der Waals surface area contributed by atoms with Crippen LogP contribution in [0.1, 0.15) is 0 Å². The fourth-order valence-electron chi connectivity index (χ4n) is 7.22. The Bertz CT molecular complexity index is 2870. The molecule has 0 saturated carbocycles. The summed E-state index contributed by atoms with van der Waals surface area (Å²) in [6.45, 7) is 0. The highest BCUT2D eigenvalue weighted by atomic mass is 32.1. The van der Waals surface area contributed by atoms with Crippen molar-refractivity contribution >= 4 is 53.3 Å². The first kappa shape index (κ1) is 29.4.